The zero-order valence-electron chi connectivity index (χ0n) is 47.8. The number of aromatic nitrogens is 2. The van der Waals surface area contributed by atoms with Crippen LogP contribution in [0.3, 0.4) is 0 Å². The zero-order valence-corrected chi connectivity index (χ0v) is 47.8. The van der Waals surface area contributed by atoms with E-state index in [2.05, 4.69) is 89.2 Å². The van der Waals surface area contributed by atoms with E-state index in [1.807, 2.05) is 51.9 Å². The maximum absolute atomic E-state index is 16.8. The molecule has 4 aliphatic rings. The number of ether oxygens (including phenoxy) is 2. The summed E-state index contributed by atoms with van der Waals surface area (Å²) in [7, 11) is 6.85. The molecule has 420 valence electrons. The van der Waals surface area contributed by atoms with Crippen LogP contribution in [0.4, 0.5) is 10.1 Å². The Balaban J connectivity index is 1.19. The van der Waals surface area contributed by atoms with E-state index >= 15 is 9.18 Å². The topological polar surface area (TPSA) is 174 Å². The number of hydrogen-bond donors (Lipinski definition) is 3. The highest BCUT2D eigenvalue weighted by atomic mass is 19.1. The van der Waals surface area contributed by atoms with Crippen molar-refractivity contribution in [2.24, 2.45) is 23.2 Å². The molecule has 1 aromatic carbocycles. The number of benzene rings is 1. The summed E-state index contributed by atoms with van der Waals surface area (Å²) >= 11 is 0. The molecule has 18 heteroatoms. The van der Waals surface area contributed by atoms with Crippen molar-refractivity contribution in [2.45, 2.75) is 149 Å². The monoisotopic (exact) mass is 1060 g/mol. The fourth-order valence-electron chi connectivity index (χ4n) is 11.5. The number of halogens is 1. The van der Waals surface area contributed by atoms with E-state index in [9.17, 15) is 19.2 Å². The van der Waals surface area contributed by atoms with Crippen LogP contribution in [0, 0.1) is 35.0 Å². The Morgan fingerprint density at radius 1 is 1.06 bits per heavy atom. The Labute approximate surface area is 455 Å². The number of amides is 4. The summed E-state index contributed by atoms with van der Waals surface area (Å²) in [6.45, 7) is 22.5. The first-order valence-electron chi connectivity index (χ1n) is 27.7. The van der Waals surface area contributed by atoms with Gasteiger partial charge in [-0.15, -0.1) is 6.58 Å². The SMILES string of the molecule is C=CC1CCCN2C[C@@H]1C[C@H](NNC(=O)[C@H](C(C)C)N(C)C(=O)C1(F)CCN(C(=O)C#CC(C)(C)N(C)C)CC1)C(=O)N1CCC[C@H](N1)C(=O)OCC(C)(C)Cc1c(-c3cccnc3[C@H](C)OC)n(CC)c3ccc2cc13. The standard InChI is InChI=1S/C59H85FN10O7/c1-14-40-19-17-29-68-36-41(40)33-47(62-63-53(72)51(38(3)4)66(12)56(75)59(60)26-31-67(32-27-59)49(71)24-25-58(8,9)65(10)11)54(73)70-30-18-21-46(64-70)55(74)77-37-57(6,7)35-45-44-34-42(68)22-23-48(44)69(15-2)52(45)43-20-16-28-61-50(43)39(5)76-13/h14,16,20,22-23,28,34,38-41,46-47,51,62,64H,1,15,17-19,21,26-27,29-33,35-37H2,2-13H3,(H,63,72)/t39-,40?,41-,46-,47-,51-/m0/s1. The number of hydrogen-bond acceptors (Lipinski definition) is 12. The Bertz CT molecular complexity index is 2720. The largest absolute Gasteiger partial charge is 0.464 e. The number of allylic oxidation sites excluding steroid dienone is 1. The van der Waals surface area contributed by atoms with Crippen molar-refractivity contribution in [3.63, 3.8) is 0 Å². The van der Waals surface area contributed by atoms with Gasteiger partial charge in [0.2, 0.25) is 0 Å². The minimum absolute atomic E-state index is 0.00807. The molecule has 3 fully saturated rings. The van der Waals surface area contributed by atoms with Crippen molar-refractivity contribution in [1.82, 2.24) is 45.5 Å². The van der Waals surface area contributed by atoms with Crippen LogP contribution in [0.25, 0.3) is 22.2 Å². The van der Waals surface area contributed by atoms with Crippen LogP contribution < -0.4 is 21.2 Å². The number of carbonyl (C=O) groups excluding carboxylic acids is 5. The molecule has 0 spiro atoms. The molecule has 1 unspecified atom stereocenters. The highest BCUT2D eigenvalue weighted by Crippen LogP contribution is 2.43. The van der Waals surface area contributed by atoms with Gasteiger partial charge in [-0.1, -0.05) is 39.7 Å². The number of fused-ring (bicyclic) bond motifs is 6. The van der Waals surface area contributed by atoms with Gasteiger partial charge in [0.1, 0.15) is 18.1 Å². The molecule has 2 aromatic heterocycles. The van der Waals surface area contributed by atoms with E-state index in [4.69, 9.17) is 14.5 Å². The summed E-state index contributed by atoms with van der Waals surface area (Å²) in [5, 5.41) is 2.56. The molecule has 0 aliphatic carbocycles. The molecule has 3 saturated heterocycles. The zero-order chi connectivity index (χ0) is 56.1. The Hall–Kier alpha value is -5.87. The maximum atomic E-state index is 16.8. The van der Waals surface area contributed by atoms with Crippen molar-refractivity contribution in [3.8, 4) is 23.1 Å². The second-order valence-electron chi connectivity index (χ2n) is 23.6. The van der Waals surface area contributed by atoms with Gasteiger partial charge in [0.05, 0.1) is 29.6 Å². The summed E-state index contributed by atoms with van der Waals surface area (Å²) in [4.78, 5) is 82.5. The van der Waals surface area contributed by atoms with Gasteiger partial charge < -0.3 is 28.7 Å². The maximum Gasteiger partial charge on any atom is 0.324 e. The van der Waals surface area contributed by atoms with E-state index < -0.39 is 64.4 Å². The predicted octanol–water partition coefficient (Wildman–Crippen LogP) is 6.61. The molecule has 4 amide bonds. The number of methoxy groups -OCH3 is 1. The van der Waals surface area contributed by atoms with Crippen molar-refractivity contribution >= 4 is 46.2 Å². The van der Waals surface area contributed by atoms with Gasteiger partial charge in [-0.3, -0.25) is 44.3 Å². The minimum Gasteiger partial charge on any atom is -0.464 e. The van der Waals surface area contributed by atoms with Crippen molar-refractivity contribution in [3.05, 3.63) is 60.4 Å². The molecular formula is C59H85FN10O7. The van der Waals surface area contributed by atoms with Gasteiger partial charge in [-0.25, -0.2) is 15.2 Å². The van der Waals surface area contributed by atoms with Gasteiger partial charge in [-0.05, 0) is 140 Å². The average molecular weight is 1070 g/mol. The number of likely N-dealkylation sites (tertiary alicyclic amines) is 1. The lowest BCUT2D eigenvalue weighted by Gasteiger charge is -2.40. The van der Waals surface area contributed by atoms with Gasteiger partial charge in [-0.2, -0.15) is 0 Å². The first-order chi connectivity index (χ1) is 36.4. The van der Waals surface area contributed by atoms with Crippen LogP contribution in [0.15, 0.2) is 49.2 Å². The van der Waals surface area contributed by atoms with Crippen LogP contribution in [0.5, 0.6) is 0 Å². The number of anilines is 1. The van der Waals surface area contributed by atoms with Gasteiger partial charge in [0, 0.05) is 100 Å². The molecular weight excluding hydrogens is 980 g/mol. The third kappa shape index (κ3) is 13.0. The third-order valence-corrected chi connectivity index (χ3v) is 16.7. The molecule has 3 N–H and O–H groups in total. The number of piperidine rings is 1. The quantitative estimate of drug-likeness (QED) is 0.0769. The molecule has 6 bridgehead atoms. The second kappa shape index (κ2) is 24.4. The van der Waals surface area contributed by atoms with Crippen molar-refractivity contribution < 1.29 is 37.8 Å². The normalized spacial score (nSPS) is 23.0. The highest BCUT2D eigenvalue weighted by molar-refractivity contribution is 5.96. The number of nitrogens with one attached hydrogen (secondary N) is 3. The van der Waals surface area contributed by atoms with Crippen molar-refractivity contribution in [1.29, 1.82) is 0 Å². The molecule has 4 aliphatic heterocycles. The summed E-state index contributed by atoms with van der Waals surface area (Å²) in [6, 6.07) is 7.80. The number of pyridine rings is 1. The third-order valence-electron chi connectivity index (χ3n) is 16.7. The number of alkyl halides is 1. The molecule has 17 nitrogen and oxygen atoms in total. The number of carbonyl (C=O) groups is 5. The van der Waals surface area contributed by atoms with Crippen LogP contribution in [-0.4, -0.2) is 156 Å². The number of hydrazine groups is 2. The molecule has 3 aromatic rings. The van der Waals surface area contributed by atoms with Gasteiger partial charge in [0.25, 0.3) is 23.6 Å². The van der Waals surface area contributed by atoms with Gasteiger partial charge in [0.15, 0.2) is 5.67 Å². The van der Waals surface area contributed by atoms with Gasteiger partial charge >= 0.3 is 5.97 Å². The Kier molecular flexibility index (Phi) is 18.7. The minimum atomic E-state index is -2.32. The lowest BCUT2D eigenvalue weighted by atomic mass is 9.84. The first-order valence-corrected chi connectivity index (χ1v) is 27.7. The average Bonchev–Trinajstić information content (AvgIpc) is 3.62. The smallest absolute Gasteiger partial charge is 0.324 e. The number of esters is 1. The van der Waals surface area contributed by atoms with Crippen LogP contribution in [0.2, 0.25) is 0 Å². The molecule has 6 heterocycles. The Morgan fingerprint density at radius 2 is 1.78 bits per heavy atom. The molecule has 0 radical (unpaired) electrons. The summed E-state index contributed by atoms with van der Waals surface area (Å²) in [5.41, 5.74) is 11.8. The summed E-state index contributed by atoms with van der Waals surface area (Å²) in [5.74, 6) is 2.36. The van der Waals surface area contributed by atoms with E-state index in [1.165, 1.54) is 17.0 Å². The number of rotatable bonds is 12. The fraction of sp³-hybridized carbons (Fsp3) is 0.627. The first kappa shape index (κ1) is 58.8. The van der Waals surface area contributed by atoms with E-state index in [-0.39, 0.29) is 62.8 Å². The van der Waals surface area contributed by atoms with Crippen LogP contribution in [0.1, 0.15) is 118 Å². The summed E-state index contributed by atoms with van der Waals surface area (Å²) < 4.78 is 31.2. The predicted molar refractivity (Wildman–Crippen MR) is 297 cm³/mol. The van der Waals surface area contributed by atoms with Crippen LogP contribution in [-0.2, 0) is 46.4 Å². The van der Waals surface area contributed by atoms with E-state index in [0.717, 1.165) is 63.4 Å². The molecule has 6 atom stereocenters. The van der Waals surface area contributed by atoms with Crippen molar-refractivity contribution in [2.75, 3.05) is 72.5 Å². The number of likely N-dealkylation sites (N-methyl/N-ethyl adjacent to an activating group) is 1. The molecule has 0 saturated carbocycles. The van der Waals surface area contributed by atoms with Crippen LogP contribution >= 0.6 is 0 Å². The molecule has 77 heavy (non-hydrogen) atoms. The number of nitrogens with zero attached hydrogens (tertiary/aromatic N) is 7. The fourth-order valence-corrected chi connectivity index (χ4v) is 11.5. The second-order valence-corrected chi connectivity index (χ2v) is 23.6. The van der Waals surface area contributed by atoms with E-state index in [0.29, 0.717) is 38.9 Å². The van der Waals surface area contributed by atoms with E-state index in [1.54, 1.807) is 27.2 Å². The highest BCUT2D eigenvalue weighted by Gasteiger charge is 2.47. The summed E-state index contributed by atoms with van der Waals surface area (Å²) in [6.07, 6.45) is 6.56. The Morgan fingerprint density at radius 3 is 2.44 bits per heavy atom. The number of aryl methyl sites for hydroxylation is 1. The number of cyclic esters (lactones) is 1. The lowest BCUT2D eigenvalue weighted by molar-refractivity contribution is -0.155. The molecule has 7 rings (SSSR count). The lowest BCUT2D eigenvalue weighted by Crippen LogP contribution is -2.63.